The molecule has 0 heterocycles. The second-order valence-corrected chi connectivity index (χ2v) is 6.49. The molecule has 1 aromatic rings. The highest BCUT2D eigenvalue weighted by molar-refractivity contribution is 7.89. The molecule has 0 fully saturated rings. The fourth-order valence-corrected chi connectivity index (χ4v) is 2.73. The Morgan fingerprint density at radius 1 is 1.50 bits per heavy atom. The van der Waals surface area contributed by atoms with E-state index in [9.17, 15) is 12.8 Å². The molecule has 0 spiro atoms. The van der Waals surface area contributed by atoms with Crippen molar-refractivity contribution in [1.29, 1.82) is 0 Å². The van der Waals surface area contributed by atoms with Gasteiger partial charge >= 0.3 is 0 Å². The number of aliphatic hydroxyl groups excluding tert-OH is 1. The molecule has 0 aliphatic heterocycles. The normalized spacial score (nSPS) is 13.9. The highest BCUT2D eigenvalue weighted by Gasteiger charge is 2.24. The minimum atomic E-state index is -3.89. The third kappa shape index (κ3) is 3.65. The van der Waals surface area contributed by atoms with E-state index in [-0.39, 0.29) is 18.0 Å². The molecule has 1 N–H and O–H groups in total. The molecule has 0 saturated heterocycles. The number of nitrogens with zero attached hydrogens (tertiary/aromatic N) is 1. The Hall–Kier alpha value is -0.690. The Morgan fingerprint density at radius 3 is 2.61 bits per heavy atom. The molecule has 4 nitrogen and oxygen atoms in total. The lowest BCUT2D eigenvalue weighted by Crippen LogP contribution is -2.30. The molecule has 1 atom stereocenters. The minimum Gasteiger partial charge on any atom is -0.393 e. The van der Waals surface area contributed by atoms with E-state index < -0.39 is 26.8 Å². The second kappa shape index (κ2) is 5.97. The highest BCUT2D eigenvalue weighted by Crippen LogP contribution is 2.21. The van der Waals surface area contributed by atoms with Gasteiger partial charge in [-0.05, 0) is 31.5 Å². The average molecular weight is 296 g/mol. The Kier molecular flexibility index (Phi) is 5.10. The van der Waals surface area contributed by atoms with Crippen LogP contribution in [0.25, 0.3) is 0 Å². The summed E-state index contributed by atoms with van der Waals surface area (Å²) in [6.45, 7) is 1.67. The number of halogens is 2. The van der Waals surface area contributed by atoms with Crippen LogP contribution in [-0.2, 0) is 10.0 Å². The first-order valence-corrected chi connectivity index (χ1v) is 7.16. The molecule has 0 amide bonds. The zero-order chi connectivity index (χ0) is 13.9. The lowest BCUT2D eigenvalue weighted by atomic mass is 10.3. The number of benzene rings is 1. The summed E-state index contributed by atoms with van der Waals surface area (Å²) in [5.74, 6) is -0.883. The maximum atomic E-state index is 13.6. The van der Waals surface area contributed by atoms with Crippen molar-refractivity contribution in [1.82, 2.24) is 4.31 Å². The van der Waals surface area contributed by atoms with Crippen LogP contribution in [-0.4, -0.2) is 37.5 Å². The van der Waals surface area contributed by atoms with Gasteiger partial charge in [-0.3, -0.25) is 0 Å². The lowest BCUT2D eigenvalue weighted by molar-refractivity contribution is 0.177. The van der Waals surface area contributed by atoms with E-state index in [1.54, 1.807) is 6.92 Å². The smallest absolute Gasteiger partial charge is 0.245 e. The third-order valence-electron chi connectivity index (χ3n) is 2.44. The zero-order valence-electron chi connectivity index (χ0n) is 10.1. The van der Waals surface area contributed by atoms with Gasteiger partial charge in [0.25, 0.3) is 0 Å². The summed E-state index contributed by atoms with van der Waals surface area (Å²) >= 11 is 5.57. The predicted octanol–water partition coefficient (Wildman–Crippen LogP) is 1.87. The Labute approximate surface area is 111 Å². The summed E-state index contributed by atoms with van der Waals surface area (Å²) in [7, 11) is -2.55. The van der Waals surface area contributed by atoms with Crippen molar-refractivity contribution in [2.75, 3.05) is 13.6 Å². The van der Waals surface area contributed by atoms with Crippen molar-refractivity contribution in [3.05, 3.63) is 29.0 Å². The Balaban J connectivity index is 2.98. The molecule has 0 radical (unpaired) electrons. The molecule has 0 bridgehead atoms. The molecule has 1 rings (SSSR count). The first kappa shape index (κ1) is 15.4. The summed E-state index contributed by atoms with van der Waals surface area (Å²) in [5.41, 5.74) is 0. The lowest BCUT2D eigenvalue weighted by Gasteiger charge is -2.18. The quantitative estimate of drug-likeness (QED) is 0.902. The van der Waals surface area contributed by atoms with E-state index in [2.05, 4.69) is 0 Å². The molecule has 1 unspecified atom stereocenters. The Bertz CT molecular complexity index is 519. The van der Waals surface area contributed by atoms with Crippen LogP contribution >= 0.6 is 11.6 Å². The first-order valence-electron chi connectivity index (χ1n) is 5.34. The van der Waals surface area contributed by atoms with Gasteiger partial charge in [0.15, 0.2) is 0 Å². The number of sulfonamides is 1. The van der Waals surface area contributed by atoms with Gasteiger partial charge in [-0.2, -0.15) is 0 Å². The average Bonchev–Trinajstić information content (AvgIpc) is 2.24. The third-order valence-corrected chi connectivity index (χ3v) is 4.57. The van der Waals surface area contributed by atoms with Crippen molar-refractivity contribution in [2.45, 2.75) is 24.3 Å². The van der Waals surface area contributed by atoms with E-state index in [0.29, 0.717) is 0 Å². The molecule has 1 aromatic carbocycles. The summed E-state index contributed by atoms with van der Waals surface area (Å²) in [4.78, 5) is -0.417. The van der Waals surface area contributed by atoms with Crippen molar-refractivity contribution in [3.63, 3.8) is 0 Å². The van der Waals surface area contributed by atoms with Crippen LogP contribution in [0.5, 0.6) is 0 Å². The molecule has 102 valence electrons. The maximum absolute atomic E-state index is 13.6. The van der Waals surface area contributed by atoms with Crippen LogP contribution in [0.15, 0.2) is 23.1 Å². The molecule has 18 heavy (non-hydrogen) atoms. The monoisotopic (exact) mass is 295 g/mol. The van der Waals surface area contributed by atoms with Gasteiger partial charge in [0.1, 0.15) is 10.7 Å². The summed E-state index contributed by atoms with van der Waals surface area (Å²) in [6, 6.07) is 3.41. The van der Waals surface area contributed by atoms with Crippen LogP contribution < -0.4 is 0 Å². The minimum absolute atomic E-state index is 0.113. The van der Waals surface area contributed by atoms with Gasteiger partial charge in [-0.25, -0.2) is 17.1 Å². The van der Waals surface area contributed by atoms with Gasteiger partial charge in [-0.15, -0.1) is 0 Å². The van der Waals surface area contributed by atoms with E-state index in [1.165, 1.54) is 13.1 Å². The highest BCUT2D eigenvalue weighted by atomic mass is 35.5. The van der Waals surface area contributed by atoms with Crippen molar-refractivity contribution >= 4 is 21.6 Å². The number of aliphatic hydroxyl groups is 1. The van der Waals surface area contributed by atoms with Crippen LogP contribution in [0.1, 0.15) is 13.3 Å². The first-order chi connectivity index (χ1) is 8.25. The van der Waals surface area contributed by atoms with Crippen LogP contribution in [0.2, 0.25) is 5.02 Å². The van der Waals surface area contributed by atoms with Crippen LogP contribution in [0.4, 0.5) is 4.39 Å². The maximum Gasteiger partial charge on any atom is 0.245 e. The van der Waals surface area contributed by atoms with Gasteiger partial charge in [0.2, 0.25) is 10.0 Å². The van der Waals surface area contributed by atoms with E-state index >= 15 is 0 Å². The van der Waals surface area contributed by atoms with Gasteiger partial charge in [0.05, 0.1) is 6.10 Å². The fraction of sp³-hybridized carbons (Fsp3) is 0.455. The zero-order valence-corrected chi connectivity index (χ0v) is 11.7. The number of hydrogen-bond acceptors (Lipinski definition) is 3. The van der Waals surface area contributed by atoms with Crippen molar-refractivity contribution in [2.24, 2.45) is 0 Å². The molecule has 0 aromatic heterocycles. The molecular formula is C11H15ClFNO3S. The van der Waals surface area contributed by atoms with E-state index in [4.69, 9.17) is 16.7 Å². The van der Waals surface area contributed by atoms with Gasteiger partial charge in [0, 0.05) is 18.6 Å². The summed E-state index contributed by atoms with van der Waals surface area (Å²) in [5, 5.41) is 9.25. The van der Waals surface area contributed by atoms with E-state index in [0.717, 1.165) is 16.4 Å². The molecule has 0 aliphatic rings. The van der Waals surface area contributed by atoms with Crippen molar-refractivity contribution < 1.29 is 17.9 Å². The molecule has 7 heteroatoms. The molecule has 0 saturated carbocycles. The van der Waals surface area contributed by atoms with Gasteiger partial charge < -0.3 is 5.11 Å². The largest absolute Gasteiger partial charge is 0.393 e. The van der Waals surface area contributed by atoms with E-state index in [1.807, 2.05) is 0 Å². The van der Waals surface area contributed by atoms with Crippen LogP contribution in [0, 0.1) is 5.82 Å². The van der Waals surface area contributed by atoms with Gasteiger partial charge in [-0.1, -0.05) is 11.6 Å². The van der Waals surface area contributed by atoms with Crippen molar-refractivity contribution in [3.8, 4) is 0 Å². The number of rotatable bonds is 5. The standard InChI is InChI=1S/C11H15ClFNO3S/c1-8(15)5-6-14(2)18(16,17)11-4-3-9(12)7-10(11)13/h3-4,7-8,15H,5-6H2,1-2H3. The second-order valence-electron chi connectivity index (χ2n) is 4.04. The Morgan fingerprint density at radius 2 is 2.11 bits per heavy atom. The fourth-order valence-electron chi connectivity index (χ4n) is 1.34. The summed E-state index contributed by atoms with van der Waals surface area (Å²) in [6.07, 6.45) is -0.331. The van der Waals surface area contributed by atoms with Crippen LogP contribution in [0.3, 0.4) is 0 Å². The molecular weight excluding hydrogens is 281 g/mol. The number of hydrogen-bond donors (Lipinski definition) is 1. The summed E-state index contributed by atoms with van der Waals surface area (Å²) < 4.78 is 38.6. The predicted molar refractivity (Wildman–Crippen MR) is 67.5 cm³/mol. The molecule has 0 aliphatic carbocycles. The SMILES string of the molecule is CC(O)CCN(C)S(=O)(=O)c1ccc(Cl)cc1F. The topological polar surface area (TPSA) is 57.6 Å².